The van der Waals surface area contributed by atoms with E-state index in [2.05, 4.69) is 12.2 Å². The highest BCUT2D eigenvalue weighted by atomic mass is 16.7. The molecule has 0 aromatic rings. The van der Waals surface area contributed by atoms with Crippen LogP contribution in [-0.2, 0) is 9.47 Å². The Labute approximate surface area is 92.5 Å². The first-order chi connectivity index (χ1) is 7.07. The van der Waals surface area contributed by atoms with Gasteiger partial charge in [0.1, 0.15) is 0 Å². The third-order valence-corrected chi connectivity index (χ3v) is 3.62. The molecule has 1 N–H and O–H groups in total. The number of rotatable bonds is 3. The number of nitrogens with one attached hydrogen (secondary N) is 1. The molecule has 2 rings (SSSR count). The van der Waals surface area contributed by atoms with Crippen LogP contribution in [0.3, 0.4) is 0 Å². The average Bonchev–Trinajstić information content (AvgIpc) is 2.05. The van der Waals surface area contributed by atoms with Crippen LogP contribution in [0.1, 0.15) is 40.0 Å². The highest BCUT2D eigenvalue weighted by Gasteiger charge is 2.31. The molecule has 1 saturated heterocycles. The van der Waals surface area contributed by atoms with Crippen LogP contribution in [0.2, 0.25) is 0 Å². The molecule has 1 unspecified atom stereocenters. The number of hydrogen-bond donors (Lipinski definition) is 1. The maximum Gasteiger partial charge on any atom is 0.162 e. The summed E-state index contributed by atoms with van der Waals surface area (Å²) in [6.45, 7) is 7.76. The molecule has 88 valence electrons. The van der Waals surface area contributed by atoms with Gasteiger partial charge in [-0.15, -0.1) is 0 Å². The first-order valence-corrected chi connectivity index (χ1v) is 6.11. The van der Waals surface area contributed by atoms with Crippen molar-refractivity contribution < 1.29 is 9.47 Å². The van der Waals surface area contributed by atoms with Gasteiger partial charge in [-0.2, -0.15) is 0 Å². The largest absolute Gasteiger partial charge is 0.349 e. The van der Waals surface area contributed by atoms with Crippen molar-refractivity contribution in [2.24, 2.45) is 5.92 Å². The number of hydrogen-bond acceptors (Lipinski definition) is 3. The molecule has 0 bridgehead atoms. The van der Waals surface area contributed by atoms with Gasteiger partial charge in [-0.1, -0.05) is 6.42 Å². The van der Waals surface area contributed by atoms with Crippen LogP contribution in [0.4, 0.5) is 0 Å². The van der Waals surface area contributed by atoms with Crippen LogP contribution in [0.25, 0.3) is 0 Å². The van der Waals surface area contributed by atoms with Crippen molar-refractivity contribution in [3.8, 4) is 0 Å². The van der Waals surface area contributed by atoms with Crippen LogP contribution >= 0.6 is 0 Å². The molecule has 2 aliphatic rings. The smallest absolute Gasteiger partial charge is 0.162 e. The van der Waals surface area contributed by atoms with Crippen molar-refractivity contribution in [2.45, 2.75) is 57.9 Å². The van der Waals surface area contributed by atoms with Crippen molar-refractivity contribution >= 4 is 0 Å². The number of ether oxygens (including phenoxy) is 2. The van der Waals surface area contributed by atoms with Gasteiger partial charge in [0.2, 0.25) is 0 Å². The molecule has 0 aromatic heterocycles. The van der Waals surface area contributed by atoms with Gasteiger partial charge < -0.3 is 14.8 Å². The minimum atomic E-state index is -0.391. The summed E-state index contributed by atoms with van der Waals surface area (Å²) in [5.74, 6) is 0.484. The van der Waals surface area contributed by atoms with Crippen molar-refractivity contribution in [1.29, 1.82) is 0 Å². The second kappa shape index (κ2) is 4.40. The summed E-state index contributed by atoms with van der Waals surface area (Å²) in [7, 11) is 0. The fourth-order valence-corrected chi connectivity index (χ4v) is 2.24. The summed E-state index contributed by atoms with van der Waals surface area (Å²) in [6.07, 6.45) is 4.17. The fraction of sp³-hybridized carbons (Fsp3) is 1.00. The van der Waals surface area contributed by atoms with Crippen LogP contribution in [0.15, 0.2) is 0 Å². The Morgan fingerprint density at radius 1 is 1.20 bits per heavy atom. The van der Waals surface area contributed by atoms with Gasteiger partial charge in [0.25, 0.3) is 0 Å². The fourth-order valence-electron chi connectivity index (χ4n) is 2.24. The van der Waals surface area contributed by atoms with Gasteiger partial charge in [-0.05, 0) is 39.5 Å². The van der Waals surface area contributed by atoms with E-state index in [1.165, 1.54) is 19.3 Å². The van der Waals surface area contributed by atoms with E-state index in [0.717, 1.165) is 19.1 Å². The lowest BCUT2D eigenvalue weighted by atomic mass is 9.80. The Morgan fingerprint density at radius 3 is 2.27 bits per heavy atom. The zero-order valence-corrected chi connectivity index (χ0v) is 10.1. The first kappa shape index (κ1) is 11.4. The van der Waals surface area contributed by atoms with Gasteiger partial charge in [0.05, 0.1) is 19.3 Å². The molecule has 0 amide bonds. The molecule has 0 spiro atoms. The van der Waals surface area contributed by atoms with Crippen LogP contribution < -0.4 is 5.32 Å². The lowest BCUT2D eigenvalue weighted by Gasteiger charge is -2.39. The monoisotopic (exact) mass is 213 g/mol. The van der Waals surface area contributed by atoms with Crippen molar-refractivity contribution in [2.75, 3.05) is 13.2 Å². The van der Waals surface area contributed by atoms with Gasteiger partial charge >= 0.3 is 0 Å². The van der Waals surface area contributed by atoms with Crippen LogP contribution in [0, 0.1) is 5.92 Å². The molecule has 1 heterocycles. The summed E-state index contributed by atoms with van der Waals surface area (Å²) in [5, 5.41) is 3.61. The summed E-state index contributed by atoms with van der Waals surface area (Å²) in [6, 6.07) is 0.978. The van der Waals surface area contributed by atoms with E-state index in [1.807, 2.05) is 13.8 Å². The molecule has 3 heteroatoms. The molecule has 3 nitrogen and oxygen atoms in total. The second-order valence-corrected chi connectivity index (χ2v) is 5.37. The van der Waals surface area contributed by atoms with Crippen molar-refractivity contribution in [3.63, 3.8) is 0 Å². The molecular weight excluding hydrogens is 190 g/mol. The highest BCUT2D eigenvalue weighted by Crippen LogP contribution is 2.29. The van der Waals surface area contributed by atoms with E-state index in [-0.39, 0.29) is 0 Å². The summed E-state index contributed by atoms with van der Waals surface area (Å²) >= 11 is 0. The van der Waals surface area contributed by atoms with E-state index in [1.54, 1.807) is 0 Å². The second-order valence-electron chi connectivity index (χ2n) is 5.37. The molecule has 1 atom stereocenters. The summed E-state index contributed by atoms with van der Waals surface area (Å²) in [4.78, 5) is 0. The normalized spacial score (nSPS) is 29.8. The molecule has 1 saturated carbocycles. The first-order valence-electron chi connectivity index (χ1n) is 6.11. The molecule has 1 aliphatic heterocycles. The van der Waals surface area contributed by atoms with Gasteiger partial charge in [0.15, 0.2) is 5.79 Å². The predicted octanol–water partition coefficient (Wildman–Crippen LogP) is 1.92. The molecule has 0 aromatic carbocycles. The molecule has 1 aliphatic carbocycles. The lowest BCUT2D eigenvalue weighted by molar-refractivity contribution is -0.253. The molecule has 15 heavy (non-hydrogen) atoms. The standard InChI is InChI=1S/C12H23NO2/c1-9(10-5-4-6-10)13-11-7-14-12(2,3)15-8-11/h9-11,13H,4-8H2,1-3H3. The summed E-state index contributed by atoms with van der Waals surface area (Å²) < 4.78 is 11.3. The maximum absolute atomic E-state index is 5.63. The molecule has 0 radical (unpaired) electrons. The molecule has 2 fully saturated rings. The van der Waals surface area contributed by atoms with E-state index >= 15 is 0 Å². The van der Waals surface area contributed by atoms with Crippen LogP contribution in [-0.4, -0.2) is 31.1 Å². The Morgan fingerprint density at radius 2 is 1.80 bits per heavy atom. The quantitative estimate of drug-likeness (QED) is 0.777. The van der Waals surface area contributed by atoms with Gasteiger partial charge in [0, 0.05) is 6.04 Å². The van der Waals surface area contributed by atoms with E-state index in [4.69, 9.17) is 9.47 Å². The predicted molar refractivity (Wildman–Crippen MR) is 59.7 cm³/mol. The van der Waals surface area contributed by atoms with Gasteiger partial charge in [-0.25, -0.2) is 0 Å². The average molecular weight is 213 g/mol. The minimum Gasteiger partial charge on any atom is -0.349 e. The molecular formula is C12H23NO2. The Balaban J connectivity index is 1.71. The highest BCUT2D eigenvalue weighted by molar-refractivity contribution is 4.83. The third kappa shape index (κ3) is 2.92. The zero-order valence-electron chi connectivity index (χ0n) is 10.1. The van der Waals surface area contributed by atoms with Crippen LogP contribution in [0.5, 0.6) is 0 Å². The Hall–Kier alpha value is -0.120. The van der Waals surface area contributed by atoms with Crippen molar-refractivity contribution in [1.82, 2.24) is 5.32 Å². The topological polar surface area (TPSA) is 30.5 Å². The van der Waals surface area contributed by atoms with E-state index < -0.39 is 5.79 Å². The zero-order chi connectivity index (χ0) is 10.9. The summed E-state index contributed by atoms with van der Waals surface area (Å²) in [5.41, 5.74) is 0. The van der Waals surface area contributed by atoms with E-state index in [9.17, 15) is 0 Å². The third-order valence-electron chi connectivity index (χ3n) is 3.62. The van der Waals surface area contributed by atoms with Gasteiger partial charge in [-0.3, -0.25) is 0 Å². The maximum atomic E-state index is 5.63. The van der Waals surface area contributed by atoms with Crippen molar-refractivity contribution in [3.05, 3.63) is 0 Å². The SMILES string of the molecule is CC(NC1COC(C)(C)OC1)C1CCC1. The Bertz CT molecular complexity index is 204. The lowest BCUT2D eigenvalue weighted by Crippen LogP contribution is -2.53. The minimum absolute atomic E-state index is 0.369. The Kier molecular flexibility index (Phi) is 3.33. The van der Waals surface area contributed by atoms with E-state index in [0.29, 0.717) is 12.1 Å².